The molecule has 2 saturated carbocycles. The van der Waals surface area contributed by atoms with Crippen LogP contribution in [0.25, 0.3) is 0 Å². The molecule has 2 fully saturated rings. The summed E-state index contributed by atoms with van der Waals surface area (Å²) in [5.41, 5.74) is -2.94. The van der Waals surface area contributed by atoms with E-state index in [0.29, 0.717) is 30.4 Å². The molecule has 4 rings (SSSR count). The minimum atomic E-state index is -1.98. The molecule has 0 bridgehead atoms. The summed E-state index contributed by atoms with van der Waals surface area (Å²) in [5.74, 6) is -2.91. The van der Waals surface area contributed by atoms with Gasteiger partial charge in [-0.05, 0) is 50.7 Å². The first-order valence-corrected chi connectivity index (χ1v) is 10.4. The predicted molar refractivity (Wildman–Crippen MR) is 105 cm³/mol. The van der Waals surface area contributed by atoms with Gasteiger partial charge in [0.05, 0.1) is 12.5 Å². The normalized spacial score (nSPS) is 43.1. The molecule has 4 aliphatic rings. The van der Waals surface area contributed by atoms with E-state index in [1.807, 2.05) is 0 Å². The van der Waals surface area contributed by atoms with Gasteiger partial charge in [0.15, 0.2) is 17.2 Å². The van der Waals surface area contributed by atoms with Gasteiger partial charge in [-0.15, -0.1) is 0 Å². The molecule has 0 radical (unpaired) electrons. The maximum Gasteiger partial charge on any atom is 0.306 e. The Labute approximate surface area is 174 Å². The second-order valence-corrected chi connectivity index (χ2v) is 9.60. The van der Waals surface area contributed by atoms with Crippen LogP contribution in [0.1, 0.15) is 46.0 Å². The van der Waals surface area contributed by atoms with E-state index in [0.717, 1.165) is 0 Å². The van der Waals surface area contributed by atoms with E-state index < -0.39 is 52.8 Å². The number of aliphatic carboxylic acids is 1. The number of halogens is 1. The van der Waals surface area contributed by atoms with Crippen molar-refractivity contribution in [2.75, 3.05) is 0 Å². The number of aliphatic hydroxyl groups excluding tert-OH is 2. The fourth-order valence-electron chi connectivity index (χ4n) is 6.60. The number of alkyl halides is 1. The van der Waals surface area contributed by atoms with E-state index in [9.17, 15) is 24.6 Å². The molecule has 4 aliphatic carbocycles. The first kappa shape index (κ1) is 21.1. The minimum absolute atomic E-state index is 0.00725. The minimum Gasteiger partial charge on any atom is -0.481 e. The topological polar surface area (TPSA) is 112 Å². The Bertz CT molecular complexity index is 919. The lowest BCUT2D eigenvalue weighted by molar-refractivity contribution is -0.186. The Morgan fingerprint density at radius 1 is 1.30 bits per heavy atom. The largest absolute Gasteiger partial charge is 0.481 e. The van der Waals surface area contributed by atoms with E-state index >= 15 is 4.39 Å². The Morgan fingerprint density at radius 2 is 2.00 bits per heavy atom. The molecular weight excluding hydrogens is 391 g/mol. The Balaban J connectivity index is 1.70. The lowest BCUT2D eigenvalue weighted by atomic mass is 9.45. The van der Waals surface area contributed by atoms with Gasteiger partial charge in [0.2, 0.25) is 0 Å². The zero-order valence-electron chi connectivity index (χ0n) is 17.1. The average molecular weight is 418 g/mol. The summed E-state index contributed by atoms with van der Waals surface area (Å²) in [5, 5.41) is 30.1. The first-order valence-electron chi connectivity index (χ1n) is 10.4. The molecule has 0 aliphatic heterocycles. The fourth-order valence-corrected chi connectivity index (χ4v) is 6.60. The summed E-state index contributed by atoms with van der Waals surface area (Å²) < 4.78 is 16.8. The smallest absolute Gasteiger partial charge is 0.306 e. The molecular formula is C23H27FO6. The van der Waals surface area contributed by atoms with Crippen molar-refractivity contribution in [1.29, 1.82) is 0 Å². The molecule has 0 aromatic heterocycles. The Morgan fingerprint density at radius 3 is 2.67 bits per heavy atom. The summed E-state index contributed by atoms with van der Waals surface area (Å²) in [7, 11) is 0. The third kappa shape index (κ3) is 2.64. The highest BCUT2D eigenvalue weighted by atomic mass is 19.1. The van der Waals surface area contributed by atoms with Crippen molar-refractivity contribution in [1.82, 2.24) is 0 Å². The van der Waals surface area contributed by atoms with Crippen molar-refractivity contribution in [3.05, 3.63) is 35.5 Å². The summed E-state index contributed by atoms with van der Waals surface area (Å²) in [6.07, 6.45) is 3.77. The lowest BCUT2D eigenvalue weighted by Gasteiger charge is -2.61. The number of Topliss-reactive ketones (excluding diaryl/α,β-unsaturated/α-hetero) is 1. The SMILES string of the molecule is C[C@]12C=CC(=O)C=C1CC[C@H]1[C@@H]3CC=C(C(=O)C(O)CC(=O)O)[C@@]3(C)CC(O)[C@@]12F. The summed E-state index contributed by atoms with van der Waals surface area (Å²) in [6.45, 7) is 3.53. The van der Waals surface area contributed by atoms with Gasteiger partial charge < -0.3 is 15.3 Å². The molecule has 162 valence electrons. The van der Waals surface area contributed by atoms with Gasteiger partial charge >= 0.3 is 5.97 Å². The molecule has 6 nitrogen and oxygen atoms in total. The second kappa shape index (κ2) is 6.69. The van der Waals surface area contributed by atoms with Crippen molar-refractivity contribution in [3.63, 3.8) is 0 Å². The Kier molecular flexibility index (Phi) is 4.71. The lowest BCUT2D eigenvalue weighted by Crippen LogP contribution is -2.66. The molecule has 0 amide bonds. The van der Waals surface area contributed by atoms with Gasteiger partial charge in [-0.1, -0.05) is 24.6 Å². The van der Waals surface area contributed by atoms with Crippen molar-refractivity contribution < 1.29 is 34.1 Å². The van der Waals surface area contributed by atoms with Crippen molar-refractivity contribution in [2.24, 2.45) is 22.7 Å². The monoisotopic (exact) mass is 418 g/mol. The van der Waals surface area contributed by atoms with Crippen molar-refractivity contribution >= 4 is 17.5 Å². The van der Waals surface area contributed by atoms with Gasteiger partial charge in [-0.25, -0.2) is 4.39 Å². The summed E-state index contributed by atoms with van der Waals surface area (Å²) in [4.78, 5) is 35.5. The average Bonchev–Trinajstić information content (AvgIpc) is 2.99. The molecule has 0 heterocycles. The highest BCUT2D eigenvalue weighted by molar-refractivity contribution is 6.02. The number of carbonyl (C=O) groups is 3. The summed E-state index contributed by atoms with van der Waals surface area (Å²) in [6, 6.07) is 0. The first-order chi connectivity index (χ1) is 13.9. The number of carbonyl (C=O) groups excluding carboxylic acids is 2. The van der Waals surface area contributed by atoms with E-state index in [1.165, 1.54) is 12.2 Å². The van der Waals surface area contributed by atoms with Gasteiger partial charge in [-0.3, -0.25) is 14.4 Å². The van der Waals surface area contributed by atoms with Crippen LogP contribution in [0.15, 0.2) is 35.5 Å². The maximum absolute atomic E-state index is 16.8. The van der Waals surface area contributed by atoms with Crippen LogP contribution in [0, 0.1) is 22.7 Å². The number of rotatable bonds is 4. The van der Waals surface area contributed by atoms with Gasteiger partial charge in [0.25, 0.3) is 0 Å². The van der Waals surface area contributed by atoms with Crippen LogP contribution in [-0.2, 0) is 14.4 Å². The molecule has 0 aromatic carbocycles. The third-order valence-corrected chi connectivity index (χ3v) is 8.16. The maximum atomic E-state index is 16.8. The van der Waals surface area contributed by atoms with Crippen LogP contribution in [0.3, 0.4) is 0 Å². The predicted octanol–water partition coefficient (Wildman–Crippen LogP) is 2.30. The number of carboxylic acid groups (broad SMARTS) is 1. The van der Waals surface area contributed by atoms with E-state index in [2.05, 4.69) is 0 Å². The number of hydrogen-bond donors (Lipinski definition) is 3. The molecule has 0 spiro atoms. The van der Waals surface area contributed by atoms with Gasteiger partial charge in [-0.2, -0.15) is 0 Å². The third-order valence-electron chi connectivity index (χ3n) is 8.16. The number of fused-ring (bicyclic) bond motifs is 5. The molecule has 0 aromatic rings. The second-order valence-electron chi connectivity index (χ2n) is 9.60. The van der Waals surface area contributed by atoms with Crippen LogP contribution in [-0.4, -0.2) is 50.7 Å². The zero-order chi connectivity index (χ0) is 22.1. The number of hydrogen-bond acceptors (Lipinski definition) is 5. The van der Waals surface area contributed by atoms with E-state index in [4.69, 9.17) is 5.11 Å². The fraction of sp³-hybridized carbons (Fsp3) is 0.609. The van der Waals surface area contributed by atoms with Crippen LogP contribution < -0.4 is 0 Å². The summed E-state index contributed by atoms with van der Waals surface area (Å²) >= 11 is 0. The highest BCUT2D eigenvalue weighted by Crippen LogP contribution is 2.67. The van der Waals surface area contributed by atoms with E-state index in [-0.39, 0.29) is 18.1 Å². The molecule has 7 heteroatoms. The van der Waals surface area contributed by atoms with Gasteiger partial charge in [0, 0.05) is 22.3 Å². The molecule has 7 atom stereocenters. The van der Waals surface area contributed by atoms with Crippen LogP contribution in [0.4, 0.5) is 4.39 Å². The molecule has 0 saturated heterocycles. The Hall–Kier alpha value is -2.12. The number of ketones is 2. The standard InChI is InChI=1S/C23H27FO6/c1-21-11-18(27)23(24)15(4-3-12-9-13(25)7-8-22(12,23)2)14(21)5-6-16(21)20(30)17(26)10-19(28)29/h6-9,14-15,17-18,26-27H,3-5,10-11H2,1-2H3,(H,28,29)/t14-,15-,17?,18?,21-,22-,23-/m0/s1. The molecule has 3 N–H and O–H groups in total. The van der Waals surface area contributed by atoms with Crippen LogP contribution in [0.5, 0.6) is 0 Å². The van der Waals surface area contributed by atoms with Crippen LogP contribution >= 0.6 is 0 Å². The van der Waals surface area contributed by atoms with Crippen LogP contribution in [0.2, 0.25) is 0 Å². The van der Waals surface area contributed by atoms with E-state index in [1.54, 1.807) is 26.0 Å². The van der Waals surface area contributed by atoms with Gasteiger partial charge in [0.1, 0.15) is 6.10 Å². The van der Waals surface area contributed by atoms with Crippen molar-refractivity contribution in [3.8, 4) is 0 Å². The quantitative estimate of drug-likeness (QED) is 0.646. The molecule has 2 unspecified atom stereocenters. The number of allylic oxidation sites excluding steroid dienone is 5. The van der Waals surface area contributed by atoms with Crippen molar-refractivity contribution in [2.45, 2.75) is 63.8 Å². The number of aliphatic hydroxyl groups is 2. The zero-order valence-corrected chi connectivity index (χ0v) is 17.1. The molecule has 30 heavy (non-hydrogen) atoms. The number of carboxylic acids is 1. The highest BCUT2D eigenvalue weighted by Gasteiger charge is 2.69.